The molecule has 1 aromatic carbocycles. The molecule has 2 aromatic rings. The lowest BCUT2D eigenvalue weighted by molar-refractivity contribution is -0.136. The second kappa shape index (κ2) is 8.69. The van der Waals surface area contributed by atoms with Gasteiger partial charge in [-0.3, -0.25) is 4.79 Å². The topological polar surface area (TPSA) is 45.2 Å². The molecule has 0 aliphatic heterocycles. The second-order valence-corrected chi connectivity index (χ2v) is 5.89. The van der Waals surface area contributed by atoms with Gasteiger partial charge in [0.2, 0.25) is 0 Å². The quantitative estimate of drug-likeness (QED) is 0.742. The van der Waals surface area contributed by atoms with Crippen LogP contribution >= 0.6 is 0 Å². The van der Waals surface area contributed by atoms with Gasteiger partial charge in [-0.2, -0.15) is 13.2 Å². The van der Waals surface area contributed by atoms with Gasteiger partial charge < -0.3 is 10.2 Å². The lowest BCUT2D eigenvalue weighted by Gasteiger charge is -2.21. The molecule has 0 aliphatic carbocycles. The molecule has 0 aliphatic rings. The van der Waals surface area contributed by atoms with Crippen LogP contribution in [0.25, 0.3) is 0 Å². The predicted molar refractivity (Wildman–Crippen MR) is 95.4 cm³/mol. The van der Waals surface area contributed by atoms with Crippen molar-refractivity contribution in [2.45, 2.75) is 32.9 Å². The molecule has 0 unspecified atom stereocenters. The highest BCUT2D eigenvalue weighted by Gasteiger charge is 2.33. The van der Waals surface area contributed by atoms with E-state index in [1.807, 2.05) is 13.8 Å². The first-order valence-electron chi connectivity index (χ1n) is 8.55. The zero-order chi connectivity index (χ0) is 19.2. The van der Waals surface area contributed by atoms with Gasteiger partial charge in [0.25, 0.3) is 5.91 Å². The molecule has 2 rings (SSSR count). The molecular formula is C19H22F3N3O. The van der Waals surface area contributed by atoms with Gasteiger partial charge in [0.05, 0.1) is 11.3 Å². The Kier molecular flexibility index (Phi) is 6.60. The Bertz CT molecular complexity index is 741. The van der Waals surface area contributed by atoms with Crippen molar-refractivity contribution in [1.29, 1.82) is 0 Å². The average molecular weight is 365 g/mol. The monoisotopic (exact) mass is 365 g/mol. The van der Waals surface area contributed by atoms with Crippen LogP contribution in [0, 0.1) is 0 Å². The maximum atomic E-state index is 13.1. The molecule has 0 spiro atoms. The van der Waals surface area contributed by atoms with Crippen molar-refractivity contribution in [3.8, 4) is 0 Å². The number of hydrogen-bond donors (Lipinski definition) is 1. The molecule has 7 heteroatoms. The highest BCUT2D eigenvalue weighted by Crippen LogP contribution is 2.35. The van der Waals surface area contributed by atoms with Gasteiger partial charge in [-0.05, 0) is 37.1 Å². The smallest absolute Gasteiger partial charge is 0.340 e. The summed E-state index contributed by atoms with van der Waals surface area (Å²) in [6.07, 6.45) is -1.39. The normalized spacial score (nSPS) is 11.3. The standard InChI is InChI=1S/C19H22F3N3O/c1-3-11-25(12-4-2)18(26)14-9-10-23-17(13-14)24-16-8-6-5-7-15(16)19(20,21)22/h5-10,13H,3-4,11-12H2,1-2H3,(H,23,24). The molecule has 0 bridgehead atoms. The Morgan fingerprint density at radius 2 is 1.77 bits per heavy atom. The van der Waals surface area contributed by atoms with Gasteiger partial charge in [-0.25, -0.2) is 4.98 Å². The Balaban J connectivity index is 2.26. The summed E-state index contributed by atoms with van der Waals surface area (Å²) in [5, 5.41) is 2.68. The van der Waals surface area contributed by atoms with Crippen molar-refractivity contribution in [1.82, 2.24) is 9.88 Å². The minimum Gasteiger partial charge on any atom is -0.340 e. The summed E-state index contributed by atoms with van der Waals surface area (Å²) >= 11 is 0. The van der Waals surface area contributed by atoms with Crippen LogP contribution in [0.3, 0.4) is 0 Å². The maximum absolute atomic E-state index is 13.1. The number of carbonyl (C=O) groups is 1. The summed E-state index contributed by atoms with van der Waals surface area (Å²) in [6.45, 7) is 5.25. The third-order valence-corrected chi connectivity index (χ3v) is 3.78. The van der Waals surface area contributed by atoms with Gasteiger partial charge in [-0.15, -0.1) is 0 Å². The number of anilines is 2. The minimum absolute atomic E-state index is 0.101. The van der Waals surface area contributed by atoms with E-state index in [1.54, 1.807) is 11.0 Å². The highest BCUT2D eigenvalue weighted by atomic mass is 19.4. The number of halogens is 3. The number of aromatic nitrogens is 1. The van der Waals surface area contributed by atoms with Crippen LogP contribution < -0.4 is 5.32 Å². The van der Waals surface area contributed by atoms with Gasteiger partial charge in [-0.1, -0.05) is 26.0 Å². The summed E-state index contributed by atoms with van der Waals surface area (Å²) in [5.41, 5.74) is -0.484. The number of nitrogens with one attached hydrogen (secondary N) is 1. The average Bonchev–Trinajstić information content (AvgIpc) is 2.61. The summed E-state index contributed by atoms with van der Waals surface area (Å²) in [5.74, 6) is 0.0451. The summed E-state index contributed by atoms with van der Waals surface area (Å²) in [6, 6.07) is 8.22. The molecule has 0 saturated carbocycles. The fourth-order valence-corrected chi connectivity index (χ4v) is 2.65. The van der Waals surface area contributed by atoms with E-state index < -0.39 is 11.7 Å². The molecule has 0 atom stereocenters. The first-order valence-corrected chi connectivity index (χ1v) is 8.55. The van der Waals surface area contributed by atoms with Crippen molar-refractivity contribution >= 4 is 17.4 Å². The maximum Gasteiger partial charge on any atom is 0.418 e. The Morgan fingerprint density at radius 3 is 2.38 bits per heavy atom. The number of benzene rings is 1. The number of nitrogens with zero attached hydrogens (tertiary/aromatic N) is 2. The molecule has 140 valence electrons. The molecule has 0 radical (unpaired) electrons. The van der Waals surface area contributed by atoms with E-state index in [0.717, 1.165) is 18.9 Å². The first-order chi connectivity index (χ1) is 12.4. The predicted octanol–water partition coefficient (Wildman–Crippen LogP) is 5.11. The van der Waals surface area contributed by atoms with E-state index in [4.69, 9.17) is 0 Å². The van der Waals surface area contributed by atoms with Crippen LogP contribution in [-0.2, 0) is 6.18 Å². The minimum atomic E-state index is -4.48. The highest BCUT2D eigenvalue weighted by molar-refractivity contribution is 5.95. The summed E-state index contributed by atoms with van der Waals surface area (Å²) < 4.78 is 39.3. The van der Waals surface area contributed by atoms with Crippen molar-refractivity contribution in [3.63, 3.8) is 0 Å². The fraction of sp³-hybridized carbons (Fsp3) is 0.368. The first kappa shape index (κ1) is 19.8. The van der Waals surface area contributed by atoms with E-state index in [0.29, 0.717) is 18.7 Å². The molecule has 0 saturated heterocycles. The largest absolute Gasteiger partial charge is 0.418 e. The number of alkyl halides is 3. The lowest BCUT2D eigenvalue weighted by Crippen LogP contribution is -2.32. The van der Waals surface area contributed by atoms with E-state index in [9.17, 15) is 18.0 Å². The molecule has 1 N–H and O–H groups in total. The lowest BCUT2D eigenvalue weighted by atomic mass is 10.1. The van der Waals surface area contributed by atoms with E-state index in [2.05, 4.69) is 10.3 Å². The van der Waals surface area contributed by atoms with Crippen molar-refractivity contribution in [3.05, 3.63) is 53.7 Å². The van der Waals surface area contributed by atoms with Crippen LogP contribution in [0.5, 0.6) is 0 Å². The molecule has 4 nitrogen and oxygen atoms in total. The summed E-state index contributed by atoms with van der Waals surface area (Å²) in [4.78, 5) is 18.4. The molecule has 1 aromatic heterocycles. The zero-order valence-electron chi connectivity index (χ0n) is 14.8. The number of amides is 1. The Hall–Kier alpha value is -2.57. The van der Waals surface area contributed by atoms with Crippen LogP contribution in [-0.4, -0.2) is 28.9 Å². The van der Waals surface area contributed by atoms with Gasteiger partial charge in [0.15, 0.2) is 0 Å². The molecule has 1 amide bonds. The number of pyridine rings is 1. The van der Waals surface area contributed by atoms with Crippen LogP contribution in [0.4, 0.5) is 24.7 Å². The SMILES string of the molecule is CCCN(CCC)C(=O)c1ccnc(Nc2ccccc2C(F)(F)F)c1. The number of hydrogen-bond acceptors (Lipinski definition) is 3. The Labute approximate surface area is 151 Å². The molecule has 1 heterocycles. The molecule has 0 fully saturated rings. The van der Waals surface area contributed by atoms with Crippen LogP contribution in [0.15, 0.2) is 42.6 Å². The van der Waals surface area contributed by atoms with Gasteiger partial charge >= 0.3 is 6.18 Å². The number of rotatable bonds is 7. The van der Waals surface area contributed by atoms with E-state index >= 15 is 0 Å². The molecule has 26 heavy (non-hydrogen) atoms. The summed E-state index contributed by atoms with van der Waals surface area (Å²) in [7, 11) is 0. The fourth-order valence-electron chi connectivity index (χ4n) is 2.65. The third-order valence-electron chi connectivity index (χ3n) is 3.78. The third kappa shape index (κ3) is 4.97. The van der Waals surface area contributed by atoms with Gasteiger partial charge in [0, 0.05) is 24.8 Å². The Morgan fingerprint density at radius 1 is 1.12 bits per heavy atom. The van der Waals surface area contributed by atoms with Crippen molar-refractivity contribution in [2.75, 3.05) is 18.4 Å². The van der Waals surface area contributed by atoms with Gasteiger partial charge in [0.1, 0.15) is 5.82 Å². The van der Waals surface area contributed by atoms with Crippen molar-refractivity contribution < 1.29 is 18.0 Å². The number of carbonyl (C=O) groups excluding carboxylic acids is 1. The second-order valence-electron chi connectivity index (χ2n) is 5.89. The molecular weight excluding hydrogens is 343 g/mol. The number of para-hydroxylation sites is 1. The van der Waals surface area contributed by atoms with Crippen LogP contribution in [0.2, 0.25) is 0 Å². The van der Waals surface area contributed by atoms with E-state index in [1.165, 1.54) is 30.5 Å². The van der Waals surface area contributed by atoms with Crippen molar-refractivity contribution in [2.24, 2.45) is 0 Å². The van der Waals surface area contributed by atoms with Crippen LogP contribution in [0.1, 0.15) is 42.6 Å². The van der Waals surface area contributed by atoms with E-state index in [-0.39, 0.29) is 17.4 Å². The zero-order valence-corrected chi connectivity index (χ0v) is 14.8.